The van der Waals surface area contributed by atoms with E-state index in [0.717, 1.165) is 0 Å². The van der Waals surface area contributed by atoms with Gasteiger partial charge in [-0.3, -0.25) is 9.59 Å². The van der Waals surface area contributed by atoms with E-state index in [9.17, 15) is 9.59 Å². The number of carbonyl (C=O) groups excluding carboxylic acids is 2. The highest BCUT2D eigenvalue weighted by molar-refractivity contribution is 6.27. The van der Waals surface area contributed by atoms with E-state index in [0.29, 0.717) is 22.4 Å². The van der Waals surface area contributed by atoms with Crippen LogP contribution >= 0.6 is 0 Å². The fraction of sp³-hybridized carbons (Fsp3) is 0.286. The van der Waals surface area contributed by atoms with Gasteiger partial charge in [-0.25, -0.2) is 0 Å². The summed E-state index contributed by atoms with van der Waals surface area (Å²) in [6.07, 6.45) is -0.623. The van der Waals surface area contributed by atoms with Crippen molar-refractivity contribution in [3.63, 3.8) is 0 Å². The van der Waals surface area contributed by atoms with Gasteiger partial charge in [-0.1, -0.05) is 24.3 Å². The number of hydrogen-bond donors (Lipinski definition) is 1. The highest BCUT2D eigenvalue weighted by atomic mass is 16.5. The van der Waals surface area contributed by atoms with Crippen molar-refractivity contribution in [1.29, 1.82) is 0 Å². The Bertz CT molecular complexity index is 588. The van der Waals surface area contributed by atoms with Crippen molar-refractivity contribution in [1.82, 2.24) is 5.32 Å². The first-order chi connectivity index (χ1) is 8.59. The van der Waals surface area contributed by atoms with Gasteiger partial charge in [0.2, 0.25) is 5.78 Å². The van der Waals surface area contributed by atoms with Gasteiger partial charge in [-0.2, -0.15) is 0 Å². The minimum Gasteiger partial charge on any atom is -0.357 e. The Kier molecular flexibility index (Phi) is 2.35. The first-order valence-corrected chi connectivity index (χ1v) is 5.94. The van der Waals surface area contributed by atoms with Gasteiger partial charge >= 0.3 is 0 Å². The molecule has 3 rings (SSSR count). The highest BCUT2D eigenvalue weighted by Crippen LogP contribution is 2.30. The maximum atomic E-state index is 12.4. The van der Waals surface area contributed by atoms with Gasteiger partial charge in [-0.05, 0) is 13.8 Å². The zero-order chi connectivity index (χ0) is 12.9. The zero-order valence-electron chi connectivity index (χ0n) is 10.2. The second-order valence-electron chi connectivity index (χ2n) is 4.56. The topological polar surface area (TPSA) is 55.4 Å². The SMILES string of the molecule is C[C@H]1NC2=C(C(=O)c3ccccc3C2=O)[C@@H](C)O1. The molecule has 1 N–H and O–H groups in total. The van der Waals surface area contributed by atoms with E-state index in [1.54, 1.807) is 31.2 Å². The largest absolute Gasteiger partial charge is 0.357 e. The predicted octanol–water partition coefficient (Wildman–Crippen LogP) is 1.67. The quantitative estimate of drug-likeness (QED) is 0.753. The number of Topliss-reactive ketones (excluding diaryl/α,β-unsaturated/α-hetero) is 2. The van der Waals surface area contributed by atoms with Crippen LogP contribution in [0.2, 0.25) is 0 Å². The molecule has 18 heavy (non-hydrogen) atoms. The lowest BCUT2D eigenvalue weighted by Gasteiger charge is -2.33. The smallest absolute Gasteiger partial charge is 0.210 e. The summed E-state index contributed by atoms with van der Waals surface area (Å²) in [5.41, 5.74) is 1.77. The third-order valence-electron chi connectivity index (χ3n) is 3.32. The summed E-state index contributed by atoms with van der Waals surface area (Å²) in [4.78, 5) is 24.7. The van der Waals surface area contributed by atoms with Crippen molar-refractivity contribution in [2.24, 2.45) is 0 Å². The maximum Gasteiger partial charge on any atom is 0.210 e. The second-order valence-corrected chi connectivity index (χ2v) is 4.56. The summed E-state index contributed by atoms with van der Waals surface area (Å²) in [5.74, 6) is -0.241. The molecule has 0 unspecified atom stereocenters. The molecular weight excluding hydrogens is 230 g/mol. The van der Waals surface area contributed by atoms with Gasteiger partial charge in [0.25, 0.3) is 0 Å². The van der Waals surface area contributed by atoms with E-state index in [1.807, 2.05) is 6.92 Å². The average molecular weight is 243 g/mol. The van der Waals surface area contributed by atoms with Gasteiger partial charge in [0.1, 0.15) is 6.23 Å². The molecule has 0 radical (unpaired) electrons. The Labute approximate surface area is 105 Å². The number of ether oxygens (including phenoxy) is 1. The number of ketones is 2. The number of allylic oxidation sites excluding steroid dienone is 1. The molecule has 2 aliphatic rings. The van der Waals surface area contributed by atoms with Crippen LogP contribution in [-0.4, -0.2) is 23.9 Å². The van der Waals surface area contributed by atoms with Crippen LogP contribution in [-0.2, 0) is 4.74 Å². The normalized spacial score (nSPS) is 26.6. The van der Waals surface area contributed by atoms with Crippen LogP contribution in [0.1, 0.15) is 34.6 Å². The minimum atomic E-state index is -0.360. The van der Waals surface area contributed by atoms with Crippen molar-refractivity contribution in [3.05, 3.63) is 46.7 Å². The van der Waals surface area contributed by atoms with Crippen molar-refractivity contribution >= 4 is 11.6 Å². The van der Waals surface area contributed by atoms with Crippen molar-refractivity contribution in [3.8, 4) is 0 Å². The van der Waals surface area contributed by atoms with E-state index >= 15 is 0 Å². The molecule has 1 aromatic carbocycles. The fourth-order valence-electron chi connectivity index (χ4n) is 2.54. The molecule has 4 nitrogen and oxygen atoms in total. The van der Waals surface area contributed by atoms with Crippen LogP contribution in [0.25, 0.3) is 0 Å². The zero-order valence-corrected chi connectivity index (χ0v) is 10.2. The highest BCUT2D eigenvalue weighted by Gasteiger charge is 2.38. The molecule has 4 heteroatoms. The Morgan fingerprint density at radius 3 is 2.33 bits per heavy atom. The van der Waals surface area contributed by atoms with Gasteiger partial charge in [0.05, 0.1) is 17.4 Å². The van der Waals surface area contributed by atoms with Gasteiger partial charge in [0.15, 0.2) is 5.78 Å². The Hall–Kier alpha value is -1.94. The molecule has 0 spiro atoms. The Morgan fingerprint density at radius 2 is 1.67 bits per heavy atom. The maximum absolute atomic E-state index is 12.4. The molecule has 1 aromatic rings. The van der Waals surface area contributed by atoms with Crippen LogP contribution in [0, 0.1) is 0 Å². The summed E-state index contributed by atoms with van der Waals surface area (Å²) < 4.78 is 5.55. The first-order valence-electron chi connectivity index (χ1n) is 5.94. The summed E-state index contributed by atoms with van der Waals surface area (Å²) in [6, 6.07) is 6.90. The number of fused-ring (bicyclic) bond motifs is 1. The lowest BCUT2D eigenvalue weighted by Crippen LogP contribution is -2.45. The van der Waals surface area contributed by atoms with E-state index in [2.05, 4.69) is 5.32 Å². The summed E-state index contributed by atoms with van der Waals surface area (Å²) >= 11 is 0. The third kappa shape index (κ3) is 1.42. The second kappa shape index (κ2) is 3.78. The van der Waals surface area contributed by atoms with Crippen molar-refractivity contribution in [2.75, 3.05) is 0 Å². The minimum absolute atomic E-state index is 0.118. The molecule has 0 saturated carbocycles. The van der Waals surface area contributed by atoms with E-state index in [-0.39, 0.29) is 23.9 Å². The molecule has 1 aliphatic carbocycles. The number of hydrogen-bond acceptors (Lipinski definition) is 4. The van der Waals surface area contributed by atoms with E-state index in [1.165, 1.54) is 0 Å². The lowest BCUT2D eigenvalue weighted by atomic mass is 9.84. The third-order valence-corrected chi connectivity index (χ3v) is 3.32. The van der Waals surface area contributed by atoms with Crippen LogP contribution in [0.5, 0.6) is 0 Å². The number of benzene rings is 1. The van der Waals surface area contributed by atoms with E-state index < -0.39 is 0 Å². The summed E-state index contributed by atoms with van der Waals surface area (Å²) in [6.45, 7) is 3.62. The molecule has 0 saturated heterocycles. The number of carbonyl (C=O) groups is 2. The Morgan fingerprint density at radius 1 is 1.06 bits per heavy atom. The number of nitrogens with one attached hydrogen (secondary N) is 1. The summed E-state index contributed by atoms with van der Waals surface area (Å²) in [5, 5.41) is 2.96. The molecule has 1 aliphatic heterocycles. The van der Waals surface area contributed by atoms with Crippen LogP contribution < -0.4 is 5.32 Å². The van der Waals surface area contributed by atoms with Gasteiger partial charge in [0, 0.05) is 11.1 Å². The Balaban J connectivity index is 2.20. The monoisotopic (exact) mass is 243 g/mol. The van der Waals surface area contributed by atoms with Gasteiger partial charge < -0.3 is 10.1 Å². The summed E-state index contributed by atoms with van der Waals surface area (Å²) in [7, 11) is 0. The molecule has 92 valence electrons. The van der Waals surface area contributed by atoms with Crippen LogP contribution in [0.3, 0.4) is 0 Å². The molecule has 0 amide bonds. The first kappa shape index (κ1) is 11.2. The molecular formula is C14H13NO3. The molecule has 2 atom stereocenters. The standard InChI is InChI=1S/C14H13NO3/c1-7-11-12(15-8(2)18-7)14(17)10-6-4-3-5-9(10)13(11)16/h3-8,15H,1-2H3/t7-,8+/m1/s1. The molecule has 0 bridgehead atoms. The molecule has 0 fully saturated rings. The van der Waals surface area contributed by atoms with Crippen molar-refractivity contribution < 1.29 is 14.3 Å². The predicted molar refractivity (Wildman–Crippen MR) is 65.3 cm³/mol. The van der Waals surface area contributed by atoms with Crippen LogP contribution in [0.4, 0.5) is 0 Å². The fourth-order valence-corrected chi connectivity index (χ4v) is 2.54. The average Bonchev–Trinajstić information content (AvgIpc) is 2.35. The molecule has 0 aromatic heterocycles. The van der Waals surface area contributed by atoms with Crippen LogP contribution in [0.15, 0.2) is 35.5 Å². The number of rotatable bonds is 0. The molecule has 1 heterocycles. The van der Waals surface area contributed by atoms with Crippen molar-refractivity contribution in [2.45, 2.75) is 26.2 Å². The van der Waals surface area contributed by atoms with E-state index in [4.69, 9.17) is 4.74 Å². The van der Waals surface area contributed by atoms with Gasteiger partial charge in [-0.15, -0.1) is 0 Å². The lowest BCUT2D eigenvalue weighted by molar-refractivity contribution is -0.000551.